The van der Waals surface area contributed by atoms with Crippen molar-refractivity contribution in [2.45, 2.75) is 24.9 Å². The van der Waals surface area contributed by atoms with Crippen molar-refractivity contribution in [3.8, 4) is 0 Å². The highest BCUT2D eigenvalue weighted by atomic mass is 16.4. The predicted octanol–water partition coefficient (Wildman–Crippen LogP) is 4.27. The number of aliphatic carboxylic acids is 1. The number of carboxylic acid groups (broad SMARTS) is 1. The number of nitrogens with two attached hydrogens (primary N) is 1. The van der Waals surface area contributed by atoms with Crippen LogP contribution in [0.3, 0.4) is 0 Å². The molecule has 164 valence electrons. The van der Waals surface area contributed by atoms with Crippen molar-refractivity contribution in [3.63, 3.8) is 0 Å². The highest BCUT2D eigenvalue weighted by Crippen LogP contribution is 2.36. The maximum atomic E-state index is 12.8. The number of hydrogen-bond donors (Lipinski definition) is 3. The van der Waals surface area contributed by atoms with Gasteiger partial charge < -0.3 is 16.2 Å². The highest BCUT2D eigenvalue weighted by molar-refractivity contribution is 6.23. The smallest absolute Gasteiger partial charge is 0.326 e. The Balaban J connectivity index is 1.40. The largest absolute Gasteiger partial charge is 0.480 e. The lowest BCUT2D eigenvalue weighted by molar-refractivity contribution is -0.141. The van der Waals surface area contributed by atoms with E-state index in [-0.39, 0.29) is 6.42 Å². The van der Waals surface area contributed by atoms with E-state index >= 15 is 0 Å². The third kappa shape index (κ3) is 3.99. The third-order valence-electron chi connectivity index (χ3n) is 6.29. The van der Waals surface area contributed by atoms with Crippen LogP contribution < -0.4 is 11.1 Å². The fourth-order valence-electron chi connectivity index (χ4n) is 4.63. The summed E-state index contributed by atoms with van der Waals surface area (Å²) < 4.78 is 0. The van der Waals surface area contributed by atoms with Crippen LogP contribution in [0.25, 0.3) is 32.3 Å². The fraction of sp³-hybridized carbons (Fsp3) is 0.143. The molecule has 0 saturated heterocycles. The molecular weight excluding hydrogens is 412 g/mol. The lowest BCUT2D eigenvalue weighted by atomic mass is 9.90. The van der Waals surface area contributed by atoms with Crippen molar-refractivity contribution >= 4 is 44.2 Å². The lowest BCUT2D eigenvalue weighted by Gasteiger charge is -2.19. The fourth-order valence-corrected chi connectivity index (χ4v) is 4.63. The summed E-state index contributed by atoms with van der Waals surface area (Å²) in [6, 6.07) is 26.1. The molecule has 0 aliphatic heterocycles. The van der Waals surface area contributed by atoms with Gasteiger partial charge in [-0.05, 0) is 49.9 Å². The average molecular weight is 437 g/mol. The maximum absolute atomic E-state index is 12.8. The van der Waals surface area contributed by atoms with Gasteiger partial charge in [0.2, 0.25) is 5.91 Å². The molecule has 0 saturated carbocycles. The summed E-state index contributed by atoms with van der Waals surface area (Å²) in [7, 11) is 0. The molecule has 5 heteroatoms. The molecule has 0 unspecified atom stereocenters. The van der Waals surface area contributed by atoms with E-state index in [0.717, 1.165) is 21.9 Å². The molecule has 0 aliphatic rings. The second-order valence-electron chi connectivity index (χ2n) is 8.48. The molecule has 0 radical (unpaired) electrons. The van der Waals surface area contributed by atoms with Gasteiger partial charge in [-0.25, -0.2) is 4.79 Å². The Labute approximate surface area is 191 Å². The van der Waals surface area contributed by atoms with Crippen LogP contribution in [0.2, 0.25) is 0 Å². The second kappa shape index (κ2) is 8.52. The Morgan fingerprint density at radius 3 is 2.09 bits per heavy atom. The van der Waals surface area contributed by atoms with Crippen LogP contribution in [0.5, 0.6) is 0 Å². The summed E-state index contributed by atoms with van der Waals surface area (Å²) in [6.45, 7) is 0. The number of carbonyl (C=O) groups is 2. The van der Waals surface area contributed by atoms with Gasteiger partial charge in [-0.15, -0.1) is 0 Å². The first-order chi connectivity index (χ1) is 16.0. The molecular formula is C28H24N2O3. The van der Waals surface area contributed by atoms with E-state index in [9.17, 15) is 14.7 Å². The van der Waals surface area contributed by atoms with E-state index < -0.39 is 24.0 Å². The van der Waals surface area contributed by atoms with Crippen LogP contribution in [0.1, 0.15) is 11.1 Å². The second-order valence-corrected chi connectivity index (χ2v) is 8.48. The summed E-state index contributed by atoms with van der Waals surface area (Å²) in [5.41, 5.74) is 8.07. The molecule has 0 aromatic heterocycles. The van der Waals surface area contributed by atoms with Crippen LogP contribution in [0.15, 0.2) is 84.9 Å². The van der Waals surface area contributed by atoms with Gasteiger partial charge in [0, 0.05) is 6.42 Å². The number of nitrogens with one attached hydrogen (secondary N) is 1. The van der Waals surface area contributed by atoms with Gasteiger partial charge in [0.1, 0.15) is 6.04 Å². The lowest BCUT2D eigenvalue weighted by Crippen LogP contribution is -2.50. The van der Waals surface area contributed by atoms with Gasteiger partial charge in [-0.1, -0.05) is 84.9 Å². The Bertz CT molecular complexity index is 1450. The minimum absolute atomic E-state index is 0.202. The topological polar surface area (TPSA) is 92.4 Å². The van der Waals surface area contributed by atoms with Crippen LogP contribution in [0, 0.1) is 0 Å². The molecule has 5 aromatic rings. The van der Waals surface area contributed by atoms with Gasteiger partial charge in [0.15, 0.2) is 0 Å². The normalized spacial score (nSPS) is 13.4. The van der Waals surface area contributed by atoms with Crippen molar-refractivity contribution in [1.82, 2.24) is 5.32 Å². The molecule has 0 bridgehead atoms. The molecule has 0 aliphatic carbocycles. The van der Waals surface area contributed by atoms with E-state index in [1.807, 2.05) is 36.4 Å². The van der Waals surface area contributed by atoms with Gasteiger partial charge in [-0.2, -0.15) is 0 Å². The molecule has 4 N–H and O–H groups in total. The quantitative estimate of drug-likeness (QED) is 0.332. The molecule has 0 heterocycles. The maximum Gasteiger partial charge on any atom is 0.326 e. The number of benzene rings is 5. The molecule has 1 amide bonds. The van der Waals surface area contributed by atoms with E-state index in [4.69, 9.17) is 5.73 Å². The van der Waals surface area contributed by atoms with E-state index in [2.05, 4.69) is 53.8 Å². The summed E-state index contributed by atoms with van der Waals surface area (Å²) >= 11 is 0. The van der Waals surface area contributed by atoms with Crippen LogP contribution in [0.4, 0.5) is 0 Å². The zero-order valence-electron chi connectivity index (χ0n) is 18.0. The molecule has 5 rings (SSSR count). The molecule has 33 heavy (non-hydrogen) atoms. The number of carboxylic acids is 1. The van der Waals surface area contributed by atoms with Crippen molar-refractivity contribution in [1.29, 1.82) is 0 Å². The number of amides is 1. The summed E-state index contributed by atoms with van der Waals surface area (Å²) in [4.78, 5) is 24.6. The van der Waals surface area contributed by atoms with Crippen molar-refractivity contribution < 1.29 is 14.7 Å². The Kier molecular flexibility index (Phi) is 5.40. The predicted molar refractivity (Wildman–Crippen MR) is 132 cm³/mol. The third-order valence-corrected chi connectivity index (χ3v) is 6.29. The van der Waals surface area contributed by atoms with Gasteiger partial charge >= 0.3 is 5.97 Å². The highest BCUT2D eigenvalue weighted by Gasteiger charge is 2.24. The number of carbonyl (C=O) groups excluding carboxylic acids is 1. The van der Waals surface area contributed by atoms with Crippen LogP contribution in [-0.2, 0) is 22.4 Å². The molecule has 5 aromatic carbocycles. The minimum Gasteiger partial charge on any atom is -0.480 e. The summed E-state index contributed by atoms with van der Waals surface area (Å²) in [5.74, 6) is -1.55. The molecule has 5 nitrogen and oxygen atoms in total. The summed E-state index contributed by atoms with van der Waals surface area (Å²) in [5, 5.41) is 19.2. The standard InChI is InChI=1S/C28H24N2O3/c29-23(27(31)30-24(28(32)33)15-17-5-2-1-3-6-17)16-21-12-11-20-10-9-18-7-4-8-19-13-14-22(21)26(20)25(18)19/h1-14,23-24H,15-16,29H2,(H,30,31)(H,32,33)/t23-,24+/m1/s1. The number of hydrogen-bond acceptors (Lipinski definition) is 3. The molecule has 0 fully saturated rings. The minimum atomic E-state index is -1.08. The van der Waals surface area contributed by atoms with E-state index in [1.165, 1.54) is 21.5 Å². The Morgan fingerprint density at radius 2 is 1.39 bits per heavy atom. The molecule has 0 spiro atoms. The zero-order valence-corrected chi connectivity index (χ0v) is 18.0. The van der Waals surface area contributed by atoms with Crippen LogP contribution >= 0.6 is 0 Å². The van der Waals surface area contributed by atoms with Crippen molar-refractivity contribution in [2.24, 2.45) is 5.73 Å². The van der Waals surface area contributed by atoms with Gasteiger partial charge in [-0.3, -0.25) is 4.79 Å². The first-order valence-corrected chi connectivity index (χ1v) is 11.0. The summed E-state index contributed by atoms with van der Waals surface area (Å²) in [6.07, 6.45) is 0.519. The van der Waals surface area contributed by atoms with Crippen molar-refractivity contribution in [3.05, 3.63) is 96.1 Å². The number of rotatable bonds is 7. The zero-order chi connectivity index (χ0) is 22.9. The van der Waals surface area contributed by atoms with Crippen LogP contribution in [-0.4, -0.2) is 29.1 Å². The van der Waals surface area contributed by atoms with Gasteiger partial charge in [0.05, 0.1) is 6.04 Å². The van der Waals surface area contributed by atoms with E-state index in [1.54, 1.807) is 0 Å². The molecule has 2 atom stereocenters. The monoisotopic (exact) mass is 436 g/mol. The Morgan fingerprint density at radius 1 is 0.758 bits per heavy atom. The Hall–Kier alpha value is -3.96. The van der Waals surface area contributed by atoms with Crippen molar-refractivity contribution in [2.75, 3.05) is 0 Å². The van der Waals surface area contributed by atoms with E-state index in [0.29, 0.717) is 6.42 Å². The first kappa shape index (κ1) is 20.9. The SMILES string of the molecule is N[C@H](Cc1ccc2ccc3cccc4ccc1c2c34)C(=O)N[C@@H](Cc1ccccc1)C(=O)O. The average Bonchev–Trinajstić information content (AvgIpc) is 2.83. The van der Waals surface area contributed by atoms with Gasteiger partial charge in [0.25, 0.3) is 0 Å². The first-order valence-electron chi connectivity index (χ1n) is 11.0.